The SMILES string of the molecule is Cc1cccc(C(=O)Nc2cc(C(F)(F)F)ccc2N2CCC(C)CC2)c1. The first-order valence-electron chi connectivity index (χ1n) is 9.08. The Balaban J connectivity index is 1.93. The molecular weight excluding hydrogens is 353 g/mol. The third kappa shape index (κ3) is 4.62. The summed E-state index contributed by atoms with van der Waals surface area (Å²) in [5, 5.41) is 2.69. The van der Waals surface area contributed by atoms with Crippen molar-refractivity contribution >= 4 is 17.3 Å². The van der Waals surface area contributed by atoms with Gasteiger partial charge in [-0.1, -0.05) is 24.6 Å². The number of alkyl halides is 3. The topological polar surface area (TPSA) is 32.3 Å². The average molecular weight is 376 g/mol. The molecule has 2 aromatic rings. The Morgan fingerprint density at radius 1 is 1.11 bits per heavy atom. The number of hydrogen-bond donors (Lipinski definition) is 1. The predicted molar refractivity (Wildman–Crippen MR) is 101 cm³/mol. The van der Waals surface area contributed by atoms with Gasteiger partial charge in [0.15, 0.2) is 0 Å². The predicted octanol–water partition coefficient (Wildman–Crippen LogP) is 5.50. The van der Waals surface area contributed by atoms with E-state index in [0.29, 0.717) is 17.2 Å². The highest BCUT2D eigenvalue weighted by atomic mass is 19.4. The average Bonchev–Trinajstić information content (AvgIpc) is 2.62. The number of halogens is 3. The molecule has 27 heavy (non-hydrogen) atoms. The highest BCUT2D eigenvalue weighted by Gasteiger charge is 2.32. The summed E-state index contributed by atoms with van der Waals surface area (Å²) < 4.78 is 39.5. The molecule has 0 aromatic heterocycles. The van der Waals surface area contributed by atoms with Crippen LogP contribution in [0.1, 0.15) is 41.3 Å². The van der Waals surface area contributed by atoms with E-state index in [0.717, 1.165) is 43.6 Å². The van der Waals surface area contributed by atoms with E-state index >= 15 is 0 Å². The van der Waals surface area contributed by atoms with Crippen LogP contribution >= 0.6 is 0 Å². The number of anilines is 2. The zero-order valence-electron chi connectivity index (χ0n) is 15.4. The summed E-state index contributed by atoms with van der Waals surface area (Å²) in [7, 11) is 0. The van der Waals surface area contributed by atoms with E-state index in [1.807, 2.05) is 17.9 Å². The van der Waals surface area contributed by atoms with Crippen LogP contribution in [0.25, 0.3) is 0 Å². The van der Waals surface area contributed by atoms with Gasteiger partial charge in [0, 0.05) is 18.7 Å². The summed E-state index contributed by atoms with van der Waals surface area (Å²) in [6.07, 6.45) is -2.50. The molecule has 1 fully saturated rings. The quantitative estimate of drug-likeness (QED) is 0.767. The van der Waals surface area contributed by atoms with Gasteiger partial charge < -0.3 is 10.2 Å². The highest BCUT2D eigenvalue weighted by molar-refractivity contribution is 6.06. The lowest BCUT2D eigenvalue weighted by molar-refractivity contribution is -0.137. The second kappa shape index (κ2) is 7.62. The zero-order valence-corrected chi connectivity index (χ0v) is 15.4. The maximum atomic E-state index is 13.2. The lowest BCUT2D eigenvalue weighted by atomic mass is 9.98. The van der Waals surface area contributed by atoms with Crippen molar-refractivity contribution in [2.75, 3.05) is 23.3 Å². The van der Waals surface area contributed by atoms with Gasteiger partial charge >= 0.3 is 6.18 Å². The number of hydrogen-bond acceptors (Lipinski definition) is 2. The number of benzene rings is 2. The van der Waals surface area contributed by atoms with Crippen molar-refractivity contribution in [3.8, 4) is 0 Å². The standard InChI is InChI=1S/C21H23F3N2O/c1-14-8-10-26(11-9-14)19-7-6-17(21(22,23)24)13-18(19)25-20(27)16-5-3-4-15(2)12-16/h3-7,12-14H,8-11H2,1-2H3,(H,25,27). The summed E-state index contributed by atoms with van der Waals surface area (Å²) in [5.74, 6) is 0.186. The van der Waals surface area contributed by atoms with Crippen LogP contribution in [-0.2, 0) is 6.18 Å². The summed E-state index contributed by atoms with van der Waals surface area (Å²) in [6, 6.07) is 10.6. The van der Waals surface area contributed by atoms with Crippen molar-refractivity contribution in [3.05, 3.63) is 59.2 Å². The molecule has 1 saturated heterocycles. The molecule has 3 nitrogen and oxygen atoms in total. The zero-order chi connectivity index (χ0) is 19.6. The van der Waals surface area contributed by atoms with Crippen LogP contribution in [-0.4, -0.2) is 19.0 Å². The summed E-state index contributed by atoms with van der Waals surface area (Å²) in [6.45, 7) is 5.56. The molecule has 1 aliphatic rings. The van der Waals surface area contributed by atoms with E-state index in [4.69, 9.17) is 0 Å². The van der Waals surface area contributed by atoms with Crippen molar-refractivity contribution in [2.24, 2.45) is 5.92 Å². The van der Waals surface area contributed by atoms with E-state index < -0.39 is 17.6 Å². The minimum absolute atomic E-state index is 0.200. The molecule has 0 unspecified atom stereocenters. The molecular formula is C21H23F3N2O. The Hall–Kier alpha value is -2.50. The second-order valence-corrected chi connectivity index (χ2v) is 7.22. The van der Waals surface area contributed by atoms with E-state index in [-0.39, 0.29) is 5.69 Å². The van der Waals surface area contributed by atoms with Crippen molar-refractivity contribution < 1.29 is 18.0 Å². The number of carbonyl (C=O) groups excluding carboxylic acids is 1. The van der Waals surface area contributed by atoms with Crippen LogP contribution in [0.2, 0.25) is 0 Å². The minimum atomic E-state index is -4.46. The number of nitrogens with one attached hydrogen (secondary N) is 1. The molecule has 6 heteroatoms. The van der Waals surface area contributed by atoms with E-state index in [2.05, 4.69) is 12.2 Å². The fourth-order valence-corrected chi connectivity index (χ4v) is 3.32. The largest absolute Gasteiger partial charge is 0.416 e. The Kier molecular flexibility index (Phi) is 5.44. The molecule has 3 rings (SSSR count). The molecule has 1 aliphatic heterocycles. The van der Waals surface area contributed by atoms with Gasteiger partial charge in [-0.25, -0.2) is 0 Å². The number of aryl methyl sites for hydroxylation is 1. The summed E-state index contributed by atoms with van der Waals surface area (Å²) >= 11 is 0. The Labute approximate surface area is 157 Å². The van der Waals surface area contributed by atoms with Gasteiger partial charge in [0.05, 0.1) is 16.9 Å². The van der Waals surface area contributed by atoms with Crippen LogP contribution in [0.15, 0.2) is 42.5 Å². The van der Waals surface area contributed by atoms with Crippen LogP contribution in [0.5, 0.6) is 0 Å². The fraction of sp³-hybridized carbons (Fsp3) is 0.381. The van der Waals surface area contributed by atoms with Gasteiger partial charge in [-0.05, 0) is 56.0 Å². The number of carbonyl (C=O) groups is 1. The summed E-state index contributed by atoms with van der Waals surface area (Å²) in [5.41, 5.74) is 1.40. The third-order valence-corrected chi connectivity index (χ3v) is 4.98. The van der Waals surface area contributed by atoms with Gasteiger partial charge in [-0.15, -0.1) is 0 Å². The molecule has 1 heterocycles. The van der Waals surface area contributed by atoms with E-state index in [9.17, 15) is 18.0 Å². The Morgan fingerprint density at radius 2 is 1.81 bits per heavy atom. The van der Waals surface area contributed by atoms with Gasteiger partial charge in [-0.2, -0.15) is 13.2 Å². The van der Waals surface area contributed by atoms with Crippen LogP contribution in [0.4, 0.5) is 24.5 Å². The van der Waals surface area contributed by atoms with Crippen LogP contribution in [0, 0.1) is 12.8 Å². The number of rotatable bonds is 3. The molecule has 0 bridgehead atoms. The number of amides is 1. The van der Waals surface area contributed by atoms with Gasteiger partial charge in [0.1, 0.15) is 0 Å². The Morgan fingerprint density at radius 3 is 2.44 bits per heavy atom. The first-order valence-corrected chi connectivity index (χ1v) is 9.08. The number of nitrogens with zero attached hydrogens (tertiary/aromatic N) is 1. The lowest BCUT2D eigenvalue weighted by Crippen LogP contribution is -2.33. The van der Waals surface area contributed by atoms with Crippen LogP contribution < -0.4 is 10.2 Å². The molecule has 0 atom stereocenters. The minimum Gasteiger partial charge on any atom is -0.370 e. The summed E-state index contributed by atoms with van der Waals surface area (Å²) in [4.78, 5) is 14.7. The normalized spacial score (nSPS) is 15.7. The maximum Gasteiger partial charge on any atom is 0.416 e. The smallest absolute Gasteiger partial charge is 0.370 e. The first-order chi connectivity index (χ1) is 12.7. The Bertz CT molecular complexity index is 824. The van der Waals surface area contributed by atoms with Crippen molar-refractivity contribution in [3.63, 3.8) is 0 Å². The molecule has 0 saturated carbocycles. The van der Waals surface area contributed by atoms with Crippen molar-refractivity contribution in [1.29, 1.82) is 0 Å². The van der Waals surface area contributed by atoms with Crippen LogP contribution in [0.3, 0.4) is 0 Å². The van der Waals surface area contributed by atoms with E-state index in [1.165, 1.54) is 6.07 Å². The first kappa shape index (κ1) is 19.3. The second-order valence-electron chi connectivity index (χ2n) is 7.22. The third-order valence-electron chi connectivity index (χ3n) is 4.98. The van der Waals surface area contributed by atoms with E-state index in [1.54, 1.807) is 18.2 Å². The maximum absolute atomic E-state index is 13.2. The number of piperidine rings is 1. The monoisotopic (exact) mass is 376 g/mol. The van der Waals surface area contributed by atoms with Crippen molar-refractivity contribution in [1.82, 2.24) is 0 Å². The van der Waals surface area contributed by atoms with Gasteiger partial charge in [0.25, 0.3) is 5.91 Å². The molecule has 0 aliphatic carbocycles. The molecule has 144 valence electrons. The molecule has 1 N–H and O–H groups in total. The molecule has 0 radical (unpaired) electrons. The van der Waals surface area contributed by atoms with Gasteiger partial charge in [0.2, 0.25) is 0 Å². The molecule has 0 spiro atoms. The molecule has 1 amide bonds. The van der Waals surface area contributed by atoms with Gasteiger partial charge in [-0.3, -0.25) is 4.79 Å². The highest BCUT2D eigenvalue weighted by Crippen LogP contribution is 2.37. The lowest BCUT2D eigenvalue weighted by Gasteiger charge is -2.33. The molecule has 2 aromatic carbocycles. The fourth-order valence-electron chi connectivity index (χ4n) is 3.32. The van der Waals surface area contributed by atoms with Crippen molar-refractivity contribution in [2.45, 2.75) is 32.9 Å².